The van der Waals surface area contributed by atoms with Gasteiger partial charge in [0.1, 0.15) is 5.75 Å². The molecule has 1 heterocycles. The van der Waals surface area contributed by atoms with E-state index in [9.17, 15) is 0 Å². The Labute approximate surface area is 140 Å². The van der Waals surface area contributed by atoms with Gasteiger partial charge in [-0.25, -0.2) is 4.39 Å². The first-order chi connectivity index (χ1) is 11.7. The van der Waals surface area contributed by atoms with Crippen molar-refractivity contribution >= 4 is 16.6 Å². The number of halogens is 1. The quantitative estimate of drug-likeness (QED) is 0.682. The van der Waals surface area contributed by atoms with E-state index in [1.54, 1.807) is 0 Å². The Bertz CT molecular complexity index is 879. The molecule has 0 saturated heterocycles. The summed E-state index contributed by atoms with van der Waals surface area (Å²) < 4.78 is 22.9. The molecule has 1 aliphatic rings. The molecule has 1 aromatic heterocycles. The van der Waals surface area contributed by atoms with Gasteiger partial charge in [0, 0.05) is 29.2 Å². The summed E-state index contributed by atoms with van der Waals surface area (Å²) in [6.45, 7) is 3.39. The second-order valence-corrected chi connectivity index (χ2v) is 6.45. The number of nitrogens with two attached hydrogens (primary N) is 1. The van der Waals surface area contributed by atoms with E-state index in [2.05, 4.69) is 4.57 Å². The van der Waals surface area contributed by atoms with E-state index in [1.807, 2.05) is 49.4 Å². The zero-order valence-corrected chi connectivity index (χ0v) is 13.8. The van der Waals surface area contributed by atoms with Crippen molar-refractivity contribution in [3.63, 3.8) is 0 Å². The van der Waals surface area contributed by atoms with Crippen LogP contribution in [0.15, 0.2) is 42.5 Å². The van der Waals surface area contributed by atoms with Gasteiger partial charge in [0.2, 0.25) is 0 Å². The third-order valence-corrected chi connectivity index (χ3v) is 4.61. The van der Waals surface area contributed by atoms with E-state index >= 15 is 4.39 Å². The van der Waals surface area contributed by atoms with Crippen LogP contribution in [0.1, 0.15) is 19.8 Å². The maximum atomic E-state index is 15.2. The van der Waals surface area contributed by atoms with Crippen molar-refractivity contribution in [1.29, 1.82) is 0 Å². The zero-order chi connectivity index (χ0) is 16.7. The van der Waals surface area contributed by atoms with E-state index in [-0.39, 0.29) is 5.82 Å². The smallest absolute Gasteiger partial charge is 0.156 e. The number of aromatic nitrogens is 1. The van der Waals surface area contributed by atoms with Gasteiger partial charge in [-0.05, 0) is 49.9 Å². The SMILES string of the molecule is CCOc1ccc2c(F)c(-c3ccc(N)cc3)n(CC3CC3)c2c1. The molecule has 0 radical (unpaired) electrons. The summed E-state index contributed by atoms with van der Waals surface area (Å²) in [6, 6.07) is 13.0. The number of nitrogens with zero attached hydrogens (tertiary/aromatic N) is 1. The molecule has 1 fully saturated rings. The summed E-state index contributed by atoms with van der Waals surface area (Å²) in [5.74, 6) is 1.25. The Morgan fingerprint density at radius 1 is 1.17 bits per heavy atom. The average molecular weight is 324 g/mol. The number of anilines is 1. The van der Waals surface area contributed by atoms with Crippen LogP contribution in [0.4, 0.5) is 10.1 Å². The third kappa shape index (κ3) is 2.62. The average Bonchev–Trinajstić information content (AvgIpc) is 3.35. The molecule has 2 N–H and O–H groups in total. The van der Waals surface area contributed by atoms with Gasteiger partial charge in [-0.15, -0.1) is 0 Å². The van der Waals surface area contributed by atoms with Gasteiger partial charge >= 0.3 is 0 Å². The van der Waals surface area contributed by atoms with Gasteiger partial charge in [-0.2, -0.15) is 0 Å². The lowest BCUT2D eigenvalue weighted by Crippen LogP contribution is -2.03. The molecule has 3 nitrogen and oxygen atoms in total. The van der Waals surface area contributed by atoms with Crippen LogP contribution in [0.2, 0.25) is 0 Å². The Hall–Kier alpha value is -2.49. The number of fused-ring (bicyclic) bond motifs is 1. The van der Waals surface area contributed by atoms with Crippen LogP contribution in [0, 0.1) is 11.7 Å². The topological polar surface area (TPSA) is 40.2 Å². The van der Waals surface area contributed by atoms with Crippen LogP contribution in [0.3, 0.4) is 0 Å². The first-order valence-electron chi connectivity index (χ1n) is 8.48. The minimum atomic E-state index is -0.168. The Morgan fingerprint density at radius 2 is 1.92 bits per heavy atom. The lowest BCUT2D eigenvalue weighted by Gasteiger charge is -2.11. The molecule has 0 atom stereocenters. The molecular formula is C20H21FN2O. The molecule has 124 valence electrons. The van der Waals surface area contributed by atoms with Crippen molar-refractivity contribution < 1.29 is 9.13 Å². The Kier molecular flexibility index (Phi) is 3.68. The second-order valence-electron chi connectivity index (χ2n) is 6.45. The van der Waals surface area contributed by atoms with Gasteiger partial charge in [-0.1, -0.05) is 12.1 Å². The van der Waals surface area contributed by atoms with Crippen LogP contribution in [-0.2, 0) is 6.54 Å². The Balaban J connectivity index is 1.92. The number of rotatable bonds is 5. The van der Waals surface area contributed by atoms with Crippen LogP contribution < -0.4 is 10.5 Å². The summed E-state index contributed by atoms with van der Waals surface area (Å²) >= 11 is 0. The van der Waals surface area contributed by atoms with Crippen molar-refractivity contribution in [3.8, 4) is 17.0 Å². The van der Waals surface area contributed by atoms with E-state index in [0.29, 0.717) is 29.3 Å². The number of hydrogen-bond donors (Lipinski definition) is 1. The summed E-state index contributed by atoms with van der Waals surface area (Å²) in [4.78, 5) is 0. The summed E-state index contributed by atoms with van der Waals surface area (Å²) in [5, 5.41) is 0.644. The minimum Gasteiger partial charge on any atom is -0.494 e. The lowest BCUT2D eigenvalue weighted by molar-refractivity contribution is 0.340. The van der Waals surface area contributed by atoms with E-state index in [1.165, 1.54) is 12.8 Å². The molecule has 0 spiro atoms. The van der Waals surface area contributed by atoms with Crippen LogP contribution in [0.5, 0.6) is 5.75 Å². The highest BCUT2D eigenvalue weighted by Gasteiger charge is 2.26. The first kappa shape index (κ1) is 15.1. The molecule has 0 aliphatic heterocycles. The number of nitrogen functional groups attached to an aromatic ring is 1. The van der Waals surface area contributed by atoms with E-state index in [4.69, 9.17) is 10.5 Å². The molecular weight excluding hydrogens is 303 g/mol. The van der Waals surface area contributed by atoms with Gasteiger partial charge in [0.15, 0.2) is 5.82 Å². The molecule has 4 rings (SSSR count). The largest absolute Gasteiger partial charge is 0.494 e. The molecule has 0 unspecified atom stereocenters. The standard InChI is InChI=1S/C20H21FN2O/c1-2-24-16-9-10-17-18(11-16)23(12-13-3-4-13)20(19(17)21)14-5-7-15(22)8-6-14/h5-11,13H,2-4,12,22H2,1H3. The van der Waals surface area contributed by atoms with Crippen molar-refractivity contribution in [1.82, 2.24) is 4.57 Å². The molecule has 24 heavy (non-hydrogen) atoms. The molecule has 0 bridgehead atoms. The maximum Gasteiger partial charge on any atom is 0.156 e. The third-order valence-electron chi connectivity index (χ3n) is 4.61. The monoisotopic (exact) mass is 324 g/mol. The fourth-order valence-corrected chi connectivity index (χ4v) is 3.22. The predicted molar refractivity (Wildman–Crippen MR) is 95.6 cm³/mol. The number of hydrogen-bond acceptors (Lipinski definition) is 2. The van der Waals surface area contributed by atoms with E-state index < -0.39 is 0 Å². The van der Waals surface area contributed by atoms with E-state index in [0.717, 1.165) is 23.4 Å². The summed E-state index contributed by atoms with van der Waals surface area (Å²) in [7, 11) is 0. The second kappa shape index (κ2) is 5.86. The molecule has 1 saturated carbocycles. The number of benzene rings is 2. The fraction of sp³-hybridized carbons (Fsp3) is 0.300. The van der Waals surface area contributed by atoms with Crippen molar-refractivity contribution in [3.05, 3.63) is 48.3 Å². The summed E-state index contributed by atoms with van der Waals surface area (Å²) in [5.41, 5.74) is 8.87. The molecule has 4 heteroatoms. The van der Waals surface area contributed by atoms with Crippen molar-refractivity contribution in [2.45, 2.75) is 26.3 Å². The molecule has 3 aromatic rings. The fourth-order valence-electron chi connectivity index (χ4n) is 3.22. The van der Waals surface area contributed by atoms with Crippen LogP contribution >= 0.6 is 0 Å². The van der Waals surface area contributed by atoms with Gasteiger partial charge in [0.25, 0.3) is 0 Å². The van der Waals surface area contributed by atoms with Gasteiger partial charge < -0.3 is 15.0 Å². The Morgan fingerprint density at radius 3 is 2.58 bits per heavy atom. The minimum absolute atomic E-state index is 0.168. The maximum absolute atomic E-state index is 15.2. The normalized spacial score (nSPS) is 14.2. The zero-order valence-electron chi connectivity index (χ0n) is 13.8. The van der Waals surface area contributed by atoms with Crippen molar-refractivity contribution in [2.75, 3.05) is 12.3 Å². The summed E-state index contributed by atoms with van der Waals surface area (Å²) in [6.07, 6.45) is 2.43. The molecule has 0 amide bonds. The predicted octanol–water partition coefficient (Wildman–Crippen LogP) is 4.84. The van der Waals surface area contributed by atoms with Crippen LogP contribution in [0.25, 0.3) is 22.2 Å². The highest BCUT2D eigenvalue weighted by molar-refractivity contribution is 5.89. The highest BCUT2D eigenvalue weighted by atomic mass is 19.1. The molecule has 1 aliphatic carbocycles. The highest BCUT2D eigenvalue weighted by Crippen LogP contribution is 2.39. The first-order valence-corrected chi connectivity index (χ1v) is 8.48. The van der Waals surface area contributed by atoms with Gasteiger partial charge in [0.05, 0.1) is 17.8 Å². The molecule has 2 aromatic carbocycles. The lowest BCUT2D eigenvalue weighted by atomic mass is 10.1. The van der Waals surface area contributed by atoms with Crippen molar-refractivity contribution in [2.24, 2.45) is 5.92 Å². The van der Waals surface area contributed by atoms with Gasteiger partial charge in [-0.3, -0.25) is 0 Å². The van der Waals surface area contributed by atoms with Crippen LogP contribution in [-0.4, -0.2) is 11.2 Å². The number of ether oxygens (including phenoxy) is 1.